The standard InChI is InChI=1S/C20H24ClFN6O2S/c1-12-7-13(17(22)8-16(12)21)9-23-19(29)28(14-4-5-14)15-3-2-6-27(10-15)20(30)25-18-26-24-11-31-18/h7-8,11,14-15H,2-6,9-10H2,1H3,(H,23,29)(H,25,26,30)/t15-/m1/s1. The van der Waals surface area contributed by atoms with Crippen molar-refractivity contribution in [2.45, 2.75) is 51.2 Å². The van der Waals surface area contributed by atoms with E-state index in [1.165, 1.54) is 17.4 Å². The highest BCUT2D eigenvalue weighted by Crippen LogP contribution is 2.32. The molecule has 2 fully saturated rings. The van der Waals surface area contributed by atoms with E-state index in [9.17, 15) is 14.0 Å². The molecule has 8 nitrogen and oxygen atoms in total. The summed E-state index contributed by atoms with van der Waals surface area (Å²) in [5.41, 5.74) is 2.71. The lowest BCUT2D eigenvalue weighted by molar-refractivity contribution is 0.119. The van der Waals surface area contributed by atoms with Gasteiger partial charge >= 0.3 is 12.1 Å². The lowest BCUT2D eigenvalue weighted by Crippen LogP contribution is -2.55. The molecule has 1 atom stereocenters. The number of hydrogen-bond donors (Lipinski definition) is 2. The fourth-order valence-electron chi connectivity index (χ4n) is 3.86. The Morgan fingerprint density at radius 3 is 2.84 bits per heavy atom. The second-order valence-electron chi connectivity index (χ2n) is 7.91. The first-order valence-electron chi connectivity index (χ1n) is 10.2. The van der Waals surface area contributed by atoms with E-state index in [-0.39, 0.29) is 30.7 Å². The Morgan fingerprint density at radius 1 is 1.32 bits per heavy atom. The fourth-order valence-corrected chi connectivity index (χ4v) is 4.45. The van der Waals surface area contributed by atoms with Crippen molar-refractivity contribution in [2.75, 3.05) is 18.4 Å². The van der Waals surface area contributed by atoms with E-state index in [0.29, 0.717) is 28.8 Å². The van der Waals surface area contributed by atoms with Crippen molar-refractivity contribution < 1.29 is 14.0 Å². The number of amides is 4. The number of carbonyl (C=O) groups is 2. The van der Waals surface area contributed by atoms with Crippen molar-refractivity contribution >= 4 is 40.1 Å². The quantitative estimate of drug-likeness (QED) is 0.696. The topological polar surface area (TPSA) is 90.5 Å². The summed E-state index contributed by atoms with van der Waals surface area (Å²) < 4.78 is 14.2. The van der Waals surface area contributed by atoms with Crippen molar-refractivity contribution in [3.05, 3.63) is 39.6 Å². The first-order valence-corrected chi connectivity index (χ1v) is 11.5. The van der Waals surface area contributed by atoms with Crippen LogP contribution in [0.25, 0.3) is 0 Å². The minimum Gasteiger partial charge on any atom is -0.334 e. The first kappa shape index (κ1) is 21.8. The van der Waals surface area contributed by atoms with Crippen LogP contribution in [-0.4, -0.2) is 57.2 Å². The number of benzene rings is 1. The molecule has 1 saturated heterocycles. The van der Waals surface area contributed by atoms with Gasteiger partial charge in [-0.25, -0.2) is 14.0 Å². The van der Waals surface area contributed by atoms with Crippen LogP contribution in [0.2, 0.25) is 5.02 Å². The van der Waals surface area contributed by atoms with Crippen LogP contribution in [-0.2, 0) is 6.54 Å². The van der Waals surface area contributed by atoms with Crippen molar-refractivity contribution in [1.29, 1.82) is 0 Å². The summed E-state index contributed by atoms with van der Waals surface area (Å²) in [7, 11) is 0. The zero-order valence-electron chi connectivity index (χ0n) is 17.1. The van der Waals surface area contributed by atoms with Crippen molar-refractivity contribution in [2.24, 2.45) is 0 Å². The molecule has 4 amide bonds. The molecular weight excluding hydrogens is 443 g/mol. The third-order valence-corrected chi connectivity index (χ3v) is 6.60. The zero-order chi connectivity index (χ0) is 22.0. The van der Waals surface area contributed by atoms with Gasteiger partial charge in [0.1, 0.15) is 11.3 Å². The summed E-state index contributed by atoms with van der Waals surface area (Å²) in [4.78, 5) is 29.1. The number of rotatable bonds is 5. The molecule has 0 spiro atoms. The lowest BCUT2D eigenvalue weighted by atomic mass is 10.0. The van der Waals surface area contributed by atoms with Gasteiger partial charge in [-0.2, -0.15) is 0 Å². The van der Waals surface area contributed by atoms with E-state index in [2.05, 4.69) is 20.8 Å². The van der Waals surface area contributed by atoms with E-state index in [4.69, 9.17) is 11.6 Å². The predicted molar refractivity (Wildman–Crippen MR) is 117 cm³/mol. The van der Waals surface area contributed by atoms with Crippen LogP contribution >= 0.6 is 22.9 Å². The minimum absolute atomic E-state index is 0.0832. The molecule has 1 aromatic heterocycles. The Morgan fingerprint density at radius 2 is 2.13 bits per heavy atom. The Balaban J connectivity index is 1.39. The van der Waals surface area contributed by atoms with E-state index in [1.807, 2.05) is 4.90 Å². The summed E-state index contributed by atoms with van der Waals surface area (Å²) in [5.74, 6) is -0.439. The second-order valence-corrected chi connectivity index (χ2v) is 9.15. The van der Waals surface area contributed by atoms with Gasteiger partial charge in [-0.05, 0) is 50.3 Å². The third kappa shape index (κ3) is 5.24. The van der Waals surface area contributed by atoms with Crippen LogP contribution in [0.5, 0.6) is 0 Å². The SMILES string of the molecule is Cc1cc(CNC(=O)N(C2CC2)[C@@H]2CCCN(C(=O)Nc3nncs3)C2)c(F)cc1Cl. The average molecular weight is 467 g/mol. The molecule has 2 heterocycles. The normalized spacial score (nSPS) is 18.5. The van der Waals surface area contributed by atoms with Crippen LogP contribution in [0, 0.1) is 12.7 Å². The van der Waals surface area contributed by atoms with Crippen molar-refractivity contribution in [3.8, 4) is 0 Å². The number of aromatic nitrogens is 2. The summed E-state index contributed by atoms with van der Waals surface area (Å²) in [6.45, 7) is 2.95. The van der Waals surface area contributed by atoms with Gasteiger partial charge in [-0.3, -0.25) is 5.32 Å². The molecule has 2 aliphatic rings. The summed E-state index contributed by atoms with van der Waals surface area (Å²) in [6, 6.07) is 2.53. The first-order chi connectivity index (χ1) is 14.9. The van der Waals surface area contributed by atoms with E-state index in [0.717, 1.165) is 31.2 Å². The molecule has 11 heteroatoms. The largest absolute Gasteiger partial charge is 0.334 e. The third-order valence-electron chi connectivity index (χ3n) is 5.58. The summed E-state index contributed by atoms with van der Waals surface area (Å²) in [5, 5.41) is 14.0. The van der Waals surface area contributed by atoms with Gasteiger partial charge in [-0.15, -0.1) is 10.2 Å². The Hall–Kier alpha value is -2.46. The number of halogens is 2. The number of nitrogens with one attached hydrogen (secondary N) is 2. The summed E-state index contributed by atoms with van der Waals surface area (Å²) in [6.07, 6.45) is 3.50. The van der Waals surface area contributed by atoms with Gasteiger partial charge in [0.25, 0.3) is 0 Å². The number of likely N-dealkylation sites (tertiary alicyclic amines) is 1. The smallest absolute Gasteiger partial charge is 0.323 e. The predicted octanol–water partition coefficient (Wildman–Crippen LogP) is 4.01. The molecule has 0 radical (unpaired) electrons. The van der Waals surface area contributed by atoms with E-state index in [1.54, 1.807) is 23.4 Å². The van der Waals surface area contributed by atoms with Crippen molar-refractivity contribution in [3.63, 3.8) is 0 Å². The molecule has 4 rings (SSSR count). The van der Waals surface area contributed by atoms with Crippen LogP contribution in [0.15, 0.2) is 17.6 Å². The van der Waals surface area contributed by atoms with Crippen LogP contribution < -0.4 is 10.6 Å². The lowest BCUT2D eigenvalue weighted by Gasteiger charge is -2.39. The van der Waals surface area contributed by atoms with Gasteiger partial charge in [-0.1, -0.05) is 22.9 Å². The molecule has 2 aromatic rings. The van der Waals surface area contributed by atoms with Gasteiger partial charge < -0.3 is 15.1 Å². The number of urea groups is 2. The number of nitrogens with zero attached hydrogens (tertiary/aromatic N) is 4. The molecule has 0 unspecified atom stereocenters. The Kier molecular flexibility index (Phi) is 6.57. The Bertz CT molecular complexity index is 955. The van der Waals surface area contributed by atoms with Gasteiger partial charge in [0.15, 0.2) is 0 Å². The highest BCUT2D eigenvalue weighted by atomic mass is 35.5. The minimum atomic E-state index is -0.439. The fraction of sp³-hybridized carbons (Fsp3) is 0.500. The molecule has 1 aliphatic carbocycles. The number of carbonyl (C=O) groups excluding carboxylic acids is 2. The second kappa shape index (κ2) is 9.35. The van der Waals surface area contributed by atoms with Gasteiger partial charge in [0, 0.05) is 36.3 Å². The monoisotopic (exact) mass is 466 g/mol. The van der Waals surface area contributed by atoms with E-state index >= 15 is 0 Å². The molecule has 1 aromatic carbocycles. The number of hydrogen-bond acceptors (Lipinski definition) is 5. The summed E-state index contributed by atoms with van der Waals surface area (Å²) >= 11 is 7.21. The highest BCUT2D eigenvalue weighted by Gasteiger charge is 2.39. The molecule has 166 valence electrons. The Labute approximate surface area is 188 Å². The maximum atomic E-state index is 14.2. The zero-order valence-corrected chi connectivity index (χ0v) is 18.7. The number of aryl methyl sites for hydroxylation is 1. The molecule has 1 saturated carbocycles. The maximum absolute atomic E-state index is 14.2. The highest BCUT2D eigenvalue weighted by molar-refractivity contribution is 7.13. The van der Waals surface area contributed by atoms with Crippen molar-refractivity contribution in [1.82, 2.24) is 25.3 Å². The molecule has 1 aliphatic heterocycles. The van der Waals surface area contributed by atoms with Crippen LogP contribution in [0.4, 0.5) is 19.1 Å². The van der Waals surface area contributed by atoms with Gasteiger partial charge in [0.05, 0.1) is 6.04 Å². The van der Waals surface area contributed by atoms with Crippen LogP contribution in [0.1, 0.15) is 36.8 Å². The van der Waals surface area contributed by atoms with Gasteiger partial charge in [0.2, 0.25) is 5.13 Å². The number of piperidine rings is 1. The maximum Gasteiger partial charge on any atom is 0.323 e. The van der Waals surface area contributed by atoms with E-state index < -0.39 is 5.82 Å². The molecule has 0 bridgehead atoms. The molecular formula is C20H24ClFN6O2S. The molecule has 2 N–H and O–H groups in total. The molecule has 31 heavy (non-hydrogen) atoms. The average Bonchev–Trinajstić information content (AvgIpc) is 3.44. The number of anilines is 1. The van der Waals surface area contributed by atoms with Crippen LogP contribution in [0.3, 0.4) is 0 Å².